The van der Waals surface area contributed by atoms with Crippen molar-refractivity contribution < 1.29 is 28.1 Å². The Hall–Kier alpha value is -2.65. The number of aliphatic hydroxyl groups excluding tert-OH is 1. The van der Waals surface area contributed by atoms with Gasteiger partial charge in [0.2, 0.25) is 6.16 Å². The number of aliphatic hydroxyl groups is 1. The molecule has 2 unspecified atom stereocenters. The first-order chi connectivity index (χ1) is 15.3. The van der Waals surface area contributed by atoms with Gasteiger partial charge in [0.15, 0.2) is 0 Å². The summed E-state index contributed by atoms with van der Waals surface area (Å²) in [6.07, 6.45) is 2.95. The topological polar surface area (TPSA) is 85.7 Å². The summed E-state index contributed by atoms with van der Waals surface area (Å²) in [6.45, 7) is 4.02. The predicted octanol–water partition coefficient (Wildman–Crippen LogP) is 4.88. The van der Waals surface area contributed by atoms with Gasteiger partial charge in [0, 0.05) is 17.2 Å². The van der Waals surface area contributed by atoms with Crippen molar-refractivity contribution in [1.82, 2.24) is 4.98 Å². The van der Waals surface area contributed by atoms with E-state index in [4.69, 9.17) is 9.72 Å². The third-order valence-corrected chi connectivity index (χ3v) is 6.20. The van der Waals surface area contributed by atoms with Gasteiger partial charge in [0.1, 0.15) is 18.0 Å². The molecule has 1 heterocycles. The van der Waals surface area contributed by atoms with Crippen LogP contribution in [0.2, 0.25) is 0 Å². The summed E-state index contributed by atoms with van der Waals surface area (Å²) >= 11 is 0. The maximum absolute atomic E-state index is 13.5. The maximum Gasteiger partial charge on any atom is 0.510 e. The second kappa shape index (κ2) is 10.8. The van der Waals surface area contributed by atoms with Gasteiger partial charge in [-0.1, -0.05) is 26.0 Å². The molecule has 1 aromatic heterocycles. The van der Waals surface area contributed by atoms with Gasteiger partial charge in [-0.25, -0.2) is 4.39 Å². The molecule has 2 atom stereocenters. The Bertz CT molecular complexity index is 1050. The maximum atomic E-state index is 13.5. The molecule has 0 radical (unpaired) electrons. The number of ether oxygens (including phenoxy) is 1. The van der Waals surface area contributed by atoms with Crippen LogP contribution in [0.5, 0.6) is 0 Å². The Labute approximate surface area is 188 Å². The van der Waals surface area contributed by atoms with E-state index in [-0.39, 0.29) is 24.3 Å². The summed E-state index contributed by atoms with van der Waals surface area (Å²) in [5.41, 5.74) is 4.01. The number of nitrogens with zero attached hydrogens (tertiary/aromatic N) is 1. The van der Waals surface area contributed by atoms with Crippen molar-refractivity contribution in [1.29, 1.82) is 0 Å². The molecule has 2 aromatic rings. The Kier molecular flexibility index (Phi) is 8.09. The van der Waals surface area contributed by atoms with Gasteiger partial charge in [-0.15, -0.1) is 4.52 Å². The average Bonchev–Trinajstić information content (AvgIpc) is 3.59. The molecule has 0 amide bonds. The molecule has 1 saturated carbocycles. The number of benzene rings is 1. The first-order valence-corrected chi connectivity index (χ1v) is 11.8. The zero-order chi connectivity index (χ0) is 23.3. The fourth-order valence-corrected chi connectivity index (χ4v) is 3.88. The highest BCUT2D eigenvalue weighted by atomic mass is 31.1. The zero-order valence-corrected chi connectivity index (χ0v) is 19.2. The summed E-state index contributed by atoms with van der Waals surface area (Å²) in [7, 11) is -0.757. The number of carbonyl (C=O) groups is 1. The van der Waals surface area contributed by atoms with Gasteiger partial charge < -0.3 is 9.84 Å². The first-order valence-electron chi connectivity index (χ1n) is 10.5. The molecule has 1 aliphatic rings. The quantitative estimate of drug-likeness (QED) is 0.345. The van der Waals surface area contributed by atoms with E-state index in [2.05, 4.69) is 16.6 Å². The molecule has 1 aromatic carbocycles. The molecular weight excluding hydrogens is 432 g/mol. The van der Waals surface area contributed by atoms with Crippen LogP contribution in [0, 0.1) is 17.8 Å². The summed E-state index contributed by atoms with van der Waals surface area (Å²) in [5.74, 6) is 2.33. The number of hydrogen-bond donors (Lipinski definition) is 1. The lowest BCUT2D eigenvalue weighted by atomic mass is 9.93. The van der Waals surface area contributed by atoms with Crippen molar-refractivity contribution in [2.24, 2.45) is 0 Å². The van der Waals surface area contributed by atoms with Crippen LogP contribution in [0.15, 0.2) is 30.3 Å². The van der Waals surface area contributed by atoms with Crippen LogP contribution in [0.4, 0.5) is 4.39 Å². The molecule has 0 saturated heterocycles. The third kappa shape index (κ3) is 6.43. The van der Waals surface area contributed by atoms with Crippen molar-refractivity contribution in [3.05, 3.63) is 53.1 Å². The molecule has 1 fully saturated rings. The molecule has 1 N–H and O–H groups in total. The average molecular weight is 458 g/mol. The molecule has 8 heteroatoms. The van der Waals surface area contributed by atoms with Crippen LogP contribution < -0.4 is 0 Å². The number of hydrogen-bond acceptors (Lipinski definition) is 6. The highest BCUT2D eigenvalue weighted by Crippen LogP contribution is 2.42. The summed E-state index contributed by atoms with van der Waals surface area (Å²) < 4.78 is 34.4. The standard InChI is InChI=1S/C24H26FNO5P/c1-15(2)24-20(10-11-31-23(28)12-19(27)14-32(29)30-3)21(13-22(26-24)17-4-5-17)16-6-8-18(25)9-7-16/h6-9,13,15,17,19,27H,4-5,12,14H2,1-3H3/q+1. The molecular formula is C24H26FNO5P+. The van der Waals surface area contributed by atoms with Crippen LogP contribution >= 0.6 is 8.03 Å². The highest BCUT2D eigenvalue weighted by molar-refractivity contribution is 7.39. The lowest BCUT2D eigenvalue weighted by Gasteiger charge is -2.15. The van der Waals surface area contributed by atoms with E-state index in [1.54, 1.807) is 12.1 Å². The van der Waals surface area contributed by atoms with Gasteiger partial charge in [0.05, 0.1) is 24.8 Å². The SMILES string of the molecule is CO[P+](=O)CC(O)CC(=O)OC#Cc1c(-c2ccc(F)cc2)cc(C2CC2)nc1C(C)C. The van der Waals surface area contributed by atoms with Crippen molar-refractivity contribution in [3.63, 3.8) is 0 Å². The summed E-state index contributed by atoms with van der Waals surface area (Å²) in [5, 5.41) is 9.80. The van der Waals surface area contributed by atoms with E-state index in [1.807, 2.05) is 19.9 Å². The highest BCUT2D eigenvalue weighted by Gasteiger charge is 2.28. The molecule has 32 heavy (non-hydrogen) atoms. The van der Waals surface area contributed by atoms with E-state index in [0.29, 0.717) is 11.5 Å². The number of carbonyl (C=O) groups excluding carboxylic acids is 1. The zero-order valence-electron chi connectivity index (χ0n) is 18.3. The molecule has 1 aliphatic carbocycles. The smallest absolute Gasteiger partial charge is 0.388 e. The largest absolute Gasteiger partial charge is 0.510 e. The summed E-state index contributed by atoms with van der Waals surface area (Å²) in [6, 6.07) is 8.15. The van der Waals surface area contributed by atoms with Gasteiger partial charge in [-0.05, 0) is 53.0 Å². The second-order valence-electron chi connectivity index (χ2n) is 8.05. The minimum Gasteiger partial charge on any atom is -0.388 e. The second-order valence-corrected chi connectivity index (χ2v) is 9.44. The Morgan fingerprint density at radius 2 is 2.00 bits per heavy atom. The van der Waals surface area contributed by atoms with E-state index < -0.39 is 20.1 Å². The fraction of sp³-hybridized carbons (Fsp3) is 0.417. The van der Waals surface area contributed by atoms with E-state index in [0.717, 1.165) is 35.4 Å². The van der Waals surface area contributed by atoms with Crippen molar-refractivity contribution in [3.8, 4) is 23.2 Å². The van der Waals surface area contributed by atoms with Crippen LogP contribution in [0.25, 0.3) is 11.1 Å². The molecule has 6 nitrogen and oxygen atoms in total. The number of aromatic nitrogens is 1. The van der Waals surface area contributed by atoms with Crippen LogP contribution in [0.3, 0.4) is 0 Å². The van der Waals surface area contributed by atoms with Crippen molar-refractivity contribution in [2.45, 2.75) is 51.0 Å². The van der Waals surface area contributed by atoms with E-state index in [1.165, 1.54) is 19.2 Å². The Morgan fingerprint density at radius 3 is 2.59 bits per heavy atom. The monoisotopic (exact) mass is 458 g/mol. The lowest BCUT2D eigenvalue weighted by Crippen LogP contribution is -2.16. The van der Waals surface area contributed by atoms with E-state index >= 15 is 0 Å². The minimum atomic E-state index is -2.02. The normalized spacial score (nSPS) is 14.5. The van der Waals surface area contributed by atoms with E-state index in [9.17, 15) is 18.9 Å². The van der Waals surface area contributed by atoms with Gasteiger partial charge in [0.25, 0.3) is 0 Å². The third-order valence-electron chi connectivity index (χ3n) is 5.07. The van der Waals surface area contributed by atoms with Crippen molar-refractivity contribution >= 4 is 14.0 Å². The minimum absolute atomic E-state index is 0.0695. The Balaban J connectivity index is 1.89. The molecule has 0 bridgehead atoms. The number of esters is 1. The number of pyridine rings is 1. The predicted molar refractivity (Wildman–Crippen MR) is 119 cm³/mol. The molecule has 168 valence electrons. The lowest BCUT2D eigenvalue weighted by molar-refractivity contribution is -0.138. The first kappa shape index (κ1) is 24.0. The molecule has 0 aliphatic heterocycles. The molecule has 3 rings (SSSR count). The van der Waals surface area contributed by atoms with Crippen LogP contribution in [-0.4, -0.2) is 35.4 Å². The fourth-order valence-electron chi connectivity index (χ4n) is 3.26. The van der Waals surface area contributed by atoms with Gasteiger partial charge >= 0.3 is 14.0 Å². The van der Waals surface area contributed by atoms with Gasteiger partial charge in [-0.2, -0.15) is 0 Å². The Morgan fingerprint density at radius 1 is 1.31 bits per heavy atom. The van der Waals surface area contributed by atoms with Gasteiger partial charge in [-0.3, -0.25) is 9.78 Å². The number of rotatable bonds is 8. The van der Waals surface area contributed by atoms with Crippen LogP contribution in [0.1, 0.15) is 61.9 Å². The summed E-state index contributed by atoms with van der Waals surface area (Å²) in [4.78, 5) is 16.8. The molecule has 0 spiro atoms. The van der Waals surface area contributed by atoms with Crippen LogP contribution in [-0.2, 0) is 18.6 Å². The van der Waals surface area contributed by atoms with Crippen molar-refractivity contribution in [2.75, 3.05) is 13.3 Å². The number of halogens is 1.